The molecule has 0 fully saturated rings. The maximum Gasteiger partial charge on any atom is 0.330 e. The molecule has 9 nitrogen and oxygen atoms in total. The van der Waals surface area contributed by atoms with E-state index in [1.54, 1.807) is 0 Å². The maximum absolute atomic E-state index is 15.1. The first-order valence-electron chi connectivity index (χ1n) is 42.0. The van der Waals surface area contributed by atoms with E-state index in [-0.39, 0.29) is 11.9 Å². The molecule has 0 heterocycles. The van der Waals surface area contributed by atoms with E-state index in [1.165, 1.54) is 289 Å². The summed E-state index contributed by atoms with van der Waals surface area (Å²) in [4.78, 5) is 26.6. The van der Waals surface area contributed by atoms with Gasteiger partial charge in [0.1, 0.15) is 0 Å². The maximum atomic E-state index is 15.1. The van der Waals surface area contributed by atoms with E-state index >= 15 is 4.79 Å². The second-order valence-corrected chi connectivity index (χ2v) is 28.7. The molecule has 556 valence electrons. The predicted octanol–water partition coefficient (Wildman–Crippen LogP) is 28.2. The number of ether oxygens (including phenoxy) is 6. The second kappa shape index (κ2) is 68.3. The van der Waals surface area contributed by atoms with Crippen molar-refractivity contribution in [2.24, 2.45) is 0 Å². The number of amides is 1. The Bertz CT molecular complexity index is 2010. The van der Waals surface area contributed by atoms with Gasteiger partial charge in [-0.2, -0.15) is 0 Å². The smallest absolute Gasteiger partial charge is 0.330 e. The van der Waals surface area contributed by atoms with Crippen molar-refractivity contribution in [1.82, 2.24) is 0 Å². The van der Waals surface area contributed by atoms with Gasteiger partial charge in [0, 0.05) is 29.5 Å². The molecule has 0 bridgehead atoms. The van der Waals surface area contributed by atoms with Gasteiger partial charge in [-0.15, -0.1) is 0 Å². The van der Waals surface area contributed by atoms with E-state index in [0.717, 1.165) is 114 Å². The number of hydrogen-bond donors (Lipinski definition) is 1. The molecule has 2 aromatic rings. The zero-order valence-electron chi connectivity index (χ0n) is 64.0. The van der Waals surface area contributed by atoms with Crippen molar-refractivity contribution in [3.05, 3.63) is 48.0 Å². The number of unbranched alkanes of at least 4 members (excludes halogenated alkanes) is 53. The van der Waals surface area contributed by atoms with Crippen molar-refractivity contribution in [3.8, 4) is 28.7 Å². The minimum atomic E-state index is -0.338. The molecule has 0 unspecified atom stereocenters. The normalized spacial score (nSPS) is 11.3. The van der Waals surface area contributed by atoms with Gasteiger partial charge < -0.3 is 33.7 Å². The molecule has 0 aromatic heterocycles. The molecule has 1 amide bonds. The highest BCUT2D eigenvalue weighted by Gasteiger charge is 2.22. The lowest BCUT2D eigenvalue weighted by Crippen LogP contribution is -2.15. The summed E-state index contributed by atoms with van der Waals surface area (Å²) >= 11 is 0. The van der Waals surface area contributed by atoms with E-state index in [4.69, 9.17) is 28.4 Å². The summed E-state index contributed by atoms with van der Waals surface area (Å²) in [6.07, 6.45) is 75.3. The number of carbonyl (C=O) groups excluding carboxylic acids is 2. The van der Waals surface area contributed by atoms with Crippen LogP contribution < -0.4 is 29.0 Å². The van der Waals surface area contributed by atoms with E-state index in [0.29, 0.717) is 73.9 Å². The number of carbonyl (C=O) groups is 2. The number of aryl methyl sites for hydroxylation is 1. The lowest BCUT2D eigenvalue weighted by molar-refractivity contribution is -0.137. The zero-order chi connectivity index (χ0) is 68.9. The predicted molar refractivity (Wildman–Crippen MR) is 414 cm³/mol. The van der Waals surface area contributed by atoms with Gasteiger partial charge in [0.05, 0.1) is 39.6 Å². The fourth-order valence-corrected chi connectivity index (χ4v) is 13.2. The van der Waals surface area contributed by atoms with Crippen LogP contribution in [0.15, 0.2) is 36.9 Å². The molecule has 0 aliphatic rings. The molecular formula is C87H155NO8. The highest BCUT2D eigenvalue weighted by Crippen LogP contribution is 2.42. The number of anilines is 1. The highest BCUT2D eigenvalue weighted by molar-refractivity contribution is 6.05. The minimum Gasteiger partial charge on any atom is -0.490 e. The van der Waals surface area contributed by atoms with Crippen molar-refractivity contribution in [2.45, 2.75) is 420 Å². The van der Waals surface area contributed by atoms with Gasteiger partial charge in [0.25, 0.3) is 5.91 Å². The Morgan fingerprint density at radius 2 is 0.552 bits per heavy atom. The van der Waals surface area contributed by atoms with Crippen LogP contribution in [0.2, 0.25) is 0 Å². The summed E-state index contributed by atoms with van der Waals surface area (Å²) < 4.78 is 39.3. The third-order valence-electron chi connectivity index (χ3n) is 19.4. The Kier molecular flexibility index (Phi) is 62.7. The number of hydrogen-bond acceptors (Lipinski definition) is 8. The van der Waals surface area contributed by atoms with E-state index in [2.05, 4.69) is 52.6 Å². The molecule has 2 rings (SSSR count). The Hall–Kier alpha value is -3.88. The fraction of sp³-hybridized carbons (Fsp3) is 0.816. The number of rotatable bonds is 75. The number of nitrogens with one attached hydrogen (secondary N) is 1. The Morgan fingerprint density at radius 1 is 0.302 bits per heavy atom. The van der Waals surface area contributed by atoms with Gasteiger partial charge in [-0.1, -0.05) is 375 Å². The van der Waals surface area contributed by atoms with Crippen molar-refractivity contribution in [1.29, 1.82) is 0 Å². The first kappa shape index (κ1) is 88.2. The Morgan fingerprint density at radius 3 is 0.854 bits per heavy atom. The van der Waals surface area contributed by atoms with E-state index in [1.807, 2.05) is 18.2 Å². The molecule has 0 saturated carbocycles. The second-order valence-electron chi connectivity index (χ2n) is 28.7. The summed E-state index contributed by atoms with van der Waals surface area (Å²) in [6, 6.07) is 8.04. The third kappa shape index (κ3) is 51.3. The van der Waals surface area contributed by atoms with Gasteiger partial charge in [-0.05, 0) is 69.1 Å². The van der Waals surface area contributed by atoms with Gasteiger partial charge in [0.15, 0.2) is 23.0 Å². The molecule has 0 saturated heterocycles. The van der Waals surface area contributed by atoms with Gasteiger partial charge in [-0.3, -0.25) is 4.79 Å². The van der Waals surface area contributed by atoms with Crippen molar-refractivity contribution in [2.75, 3.05) is 45.0 Å². The van der Waals surface area contributed by atoms with E-state index < -0.39 is 0 Å². The summed E-state index contributed by atoms with van der Waals surface area (Å²) in [5.74, 6) is 2.96. The van der Waals surface area contributed by atoms with Gasteiger partial charge in [0.2, 0.25) is 5.75 Å². The average molecular weight is 1340 g/mol. The monoisotopic (exact) mass is 1340 g/mol. The van der Waals surface area contributed by atoms with Crippen LogP contribution >= 0.6 is 0 Å². The molecule has 1 N–H and O–H groups in total. The van der Waals surface area contributed by atoms with Crippen LogP contribution in [0.25, 0.3) is 0 Å². The topological polar surface area (TPSA) is 102 Å². The Labute approximate surface area is 594 Å². The molecule has 0 spiro atoms. The van der Waals surface area contributed by atoms with Crippen LogP contribution in [0.1, 0.15) is 429 Å². The first-order valence-corrected chi connectivity index (χ1v) is 42.0. The standard InChI is InChI=1S/C87H155NO8/c1-7-13-18-23-28-33-40-47-54-61-68-91-81-75-79(74-78(85(81)95-72-65-58-51-43-36-31-26-21-16-10-4)67-60-53-46-39-38-45-50-57-64-71-94-84(89)12-6)87(90)88-80-76-82(92-69-62-55-48-41-34-29-24-19-14-8-2)86(96-73-66-59-52-44-37-32-27-22-17-11-5)83(77-80)93-70-63-56-49-42-35-30-25-20-15-9-3/h12,74-77H,6-11,13-73H2,1-5H3,(H,88,90). The zero-order valence-corrected chi connectivity index (χ0v) is 64.0. The summed E-state index contributed by atoms with van der Waals surface area (Å²) in [7, 11) is 0. The molecule has 0 aliphatic heterocycles. The average Bonchev–Trinajstić information content (AvgIpc) is 0.825. The molecular weight excluding hydrogens is 1190 g/mol. The van der Waals surface area contributed by atoms with Crippen LogP contribution in [0, 0.1) is 0 Å². The summed E-state index contributed by atoms with van der Waals surface area (Å²) in [6.45, 7) is 18.4. The van der Waals surface area contributed by atoms with Crippen LogP contribution in [0.3, 0.4) is 0 Å². The van der Waals surface area contributed by atoms with Crippen LogP contribution in [0.4, 0.5) is 5.69 Å². The number of benzene rings is 2. The minimum absolute atomic E-state index is 0.180. The van der Waals surface area contributed by atoms with Crippen LogP contribution in [-0.2, 0) is 16.0 Å². The first-order chi connectivity index (χ1) is 47.4. The largest absolute Gasteiger partial charge is 0.490 e. The van der Waals surface area contributed by atoms with Crippen LogP contribution in [0.5, 0.6) is 28.7 Å². The van der Waals surface area contributed by atoms with Crippen LogP contribution in [-0.4, -0.2) is 51.5 Å². The molecule has 0 aliphatic carbocycles. The third-order valence-corrected chi connectivity index (χ3v) is 19.4. The lowest BCUT2D eigenvalue weighted by Gasteiger charge is -2.20. The quantitative estimate of drug-likeness (QED) is 0.0397. The van der Waals surface area contributed by atoms with Crippen molar-refractivity contribution < 1.29 is 38.0 Å². The van der Waals surface area contributed by atoms with Gasteiger partial charge >= 0.3 is 5.97 Å². The number of esters is 1. The molecule has 96 heavy (non-hydrogen) atoms. The fourth-order valence-electron chi connectivity index (χ4n) is 13.2. The molecule has 0 atom stereocenters. The molecule has 9 heteroatoms. The lowest BCUT2D eigenvalue weighted by atomic mass is 10.0. The van der Waals surface area contributed by atoms with Crippen molar-refractivity contribution >= 4 is 17.6 Å². The molecule has 0 radical (unpaired) electrons. The summed E-state index contributed by atoms with van der Waals surface area (Å²) in [5, 5.41) is 3.38. The van der Waals surface area contributed by atoms with E-state index in [9.17, 15) is 4.79 Å². The Balaban J connectivity index is 2.51. The van der Waals surface area contributed by atoms with Gasteiger partial charge in [-0.25, -0.2) is 4.79 Å². The molecule has 2 aromatic carbocycles. The summed E-state index contributed by atoms with van der Waals surface area (Å²) in [5.41, 5.74) is 2.28. The SMILES string of the molecule is C=CC(=O)OCCCCCCCCCCCc1cc(C(=O)Nc2cc(OCCCCCCCCCCCC)c(OCCCCCCCCCCCC)c(OCCCCCCCCCCCC)c2)cc(OCCCCCCCCCCCC)c1OCCCCCCCCCCCC. The van der Waals surface area contributed by atoms with Crippen molar-refractivity contribution in [3.63, 3.8) is 0 Å². The highest BCUT2D eigenvalue weighted by atomic mass is 16.5.